The molecule has 2 heterocycles. The van der Waals surface area contributed by atoms with Crippen molar-refractivity contribution < 1.29 is 33.7 Å². The van der Waals surface area contributed by atoms with Gasteiger partial charge in [0.1, 0.15) is 17.2 Å². The summed E-state index contributed by atoms with van der Waals surface area (Å²) in [6.45, 7) is 0. The highest BCUT2D eigenvalue weighted by molar-refractivity contribution is 6.15. The van der Waals surface area contributed by atoms with Gasteiger partial charge in [-0.3, -0.25) is 9.59 Å². The number of Topliss-reactive ketones (excluding diaryl/α,β-unsaturated/α-hetero) is 1. The van der Waals surface area contributed by atoms with Crippen LogP contribution in [0.25, 0.3) is 6.08 Å². The van der Waals surface area contributed by atoms with Crippen LogP contribution in [-0.4, -0.2) is 29.9 Å². The Balaban J connectivity index is 1.54. The molecule has 2 aliphatic heterocycles. The molecule has 0 radical (unpaired) electrons. The molecule has 7 nitrogen and oxygen atoms in total. The van der Waals surface area contributed by atoms with Crippen molar-refractivity contribution in [3.8, 4) is 17.2 Å². The van der Waals surface area contributed by atoms with Gasteiger partial charge in [-0.2, -0.15) is 0 Å². The molecule has 0 unspecified atom stereocenters. The molecule has 0 aromatic heterocycles. The number of phenols is 1. The first-order chi connectivity index (χ1) is 15.9. The third-order valence-electron chi connectivity index (χ3n) is 5.70. The second kappa shape index (κ2) is 7.94. The zero-order valence-corrected chi connectivity index (χ0v) is 17.5. The maximum atomic E-state index is 13.1. The first-order valence-electron chi connectivity index (χ1n) is 10.2. The predicted molar refractivity (Wildman–Crippen MR) is 117 cm³/mol. The fourth-order valence-electron chi connectivity index (χ4n) is 4.08. The molecule has 0 saturated heterocycles. The maximum absolute atomic E-state index is 13.1. The average Bonchev–Trinajstić information content (AvgIpc) is 3.14. The zero-order chi connectivity index (χ0) is 23.1. The van der Waals surface area contributed by atoms with Gasteiger partial charge in [0.2, 0.25) is 5.78 Å². The number of phenolic OH excluding ortho intramolecular Hbond substituents is 1. The van der Waals surface area contributed by atoms with Crippen LogP contribution in [0, 0.1) is 0 Å². The second-order valence-corrected chi connectivity index (χ2v) is 7.73. The fourth-order valence-corrected chi connectivity index (χ4v) is 4.08. The van der Waals surface area contributed by atoms with Gasteiger partial charge in [-0.05, 0) is 53.6 Å². The molecular weight excluding hydrogens is 424 g/mol. The lowest BCUT2D eigenvalue weighted by atomic mass is 9.84. The Hall–Kier alpha value is -4.39. The molecule has 7 heteroatoms. The molecule has 0 spiro atoms. The van der Waals surface area contributed by atoms with Gasteiger partial charge in [0.25, 0.3) is 0 Å². The summed E-state index contributed by atoms with van der Waals surface area (Å²) in [5.41, 5.74) is 2.87. The van der Waals surface area contributed by atoms with Crippen molar-refractivity contribution in [2.75, 3.05) is 7.11 Å². The van der Waals surface area contributed by atoms with Crippen molar-refractivity contribution in [1.82, 2.24) is 0 Å². The lowest BCUT2D eigenvalue weighted by molar-refractivity contribution is -0.135. The van der Waals surface area contributed by atoms with Crippen LogP contribution in [0.3, 0.4) is 0 Å². The van der Waals surface area contributed by atoms with Crippen LogP contribution < -0.4 is 9.47 Å². The minimum atomic E-state index is -0.448. The van der Waals surface area contributed by atoms with Gasteiger partial charge < -0.3 is 19.3 Å². The van der Waals surface area contributed by atoms with Gasteiger partial charge in [-0.1, -0.05) is 24.3 Å². The number of carbonyl (C=O) groups is 3. The Morgan fingerprint density at radius 1 is 1.00 bits per heavy atom. The van der Waals surface area contributed by atoms with E-state index < -0.39 is 5.97 Å². The Morgan fingerprint density at radius 3 is 2.42 bits per heavy atom. The summed E-state index contributed by atoms with van der Waals surface area (Å²) in [5.74, 6) is -0.548. The first-order valence-corrected chi connectivity index (χ1v) is 10.2. The standard InChI is InChI=1S/C26H18O7/c1-31-26(30)16-4-2-14(3-5-16)12-21-24(29)18-10-11-20-23(25(18)33-21)19(13-22(28)32-20)15-6-8-17(27)9-7-15/h2-12,19,27H,13H2,1H3/b21-12-/t19-/m1/s1. The van der Waals surface area contributed by atoms with Crippen molar-refractivity contribution in [3.63, 3.8) is 0 Å². The molecule has 0 aliphatic carbocycles. The smallest absolute Gasteiger partial charge is 0.337 e. The van der Waals surface area contributed by atoms with Crippen LogP contribution in [0.1, 0.15) is 49.7 Å². The molecule has 3 aromatic carbocycles. The summed E-state index contributed by atoms with van der Waals surface area (Å²) < 4.78 is 16.1. The number of carbonyl (C=O) groups excluding carboxylic acids is 3. The van der Waals surface area contributed by atoms with Gasteiger partial charge in [0.15, 0.2) is 5.76 Å². The third-order valence-corrected chi connectivity index (χ3v) is 5.70. The van der Waals surface area contributed by atoms with E-state index in [2.05, 4.69) is 0 Å². The molecule has 5 rings (SSSR count). The molecule has 0 amide bonds. The van der Waals surface area contributed by atoms with E-state index in [1.807, 2.05) is 0 Å². The van der Waals surface area contributed by atoms with Gasteiger partial charge in [0, 0.05) is 11.5 Å². The lowest BCUT2D eigenvalue weighted by Gasteiger charge is -2.26. The highest BCUT2D eigenvalue weighted by Gasteiger charge is 2.38. The molecular formula is C26H18O7. The van der Waals surface area contributed by atoms with Gasteiger partial charge in [-0.15, -0.1) is 0 Å². The number of hydrogen-bond donors (Lipinski definition) is 1. The molecule has 0 bridgehead atoms. The summed E-state index contributed by atoms with van der Waals surface area (Å²) >= 11 is 0. The van der Waals surface area contributed by atoms with Gasteiger partial charge in [0.05, 0.1) is 24.7 Å². The normalized spacial score (nSPS) is 17.7. The number of ether oxygens (including phenoxy) is 3. The van der Waals surface area contributed by atoms with Crippen LogP contribution in [-0.2, 0) is 9.53 Å². The summed E-state index contributed by atoms with van der Waals surface area (Å²) in [5, 5.41) is 9.63. The molecule has 3 aromatic rings. The topological polar surface area (TPSA) is 99.1 Å². The molecule has 2 aliphatic rings. The Bertz CT molecular complexity index is 1320. The van der Waals surface area contributed by atoms with Crippen LogP contribution in [0.4, 0.5) is 0 Å². The van der Waals surface area contributed by atoms with Crippen molar-refractivity contribution in [3.05, 3.63) is 94.2 Å². The van der Waals surface area contributed by atoms with Gasteiger partial charge >= 0.3 is 11.9 Å². The summed E-state index contributed by atoms with van der Waals surface area (Å²) in [7, 11) is 1.31. The van der Waals surface area contributed by atoms with Crippen LogP contribution in [0.15, 0.2) is 66.4 Å². The quantitative estimate of drug-likeness (QED) is 0.368. The van der Waals surface area contributed by atoms with E-state index in [9.17, 15) is 19.5 Å². The summed E-state index contributed by atoms with van der Waals surface area (Å²) in [4.78, 5) is 36.9. The fraction of sp³-hybridized carbons (Fsp3) is 0.115. The Morgan fingerprint density at radius 2 is 1.73 bits per heavy atom. The number of hydrogen-bond acceptors (Lipinski definition) is 7. The molecule has 1 atom stereocenters. The number of allylic oxidation sites excluding steroid dienone is 1. The number of ketones is 1. The third kappa shape index (κ3) is 3.63. The average molecular weight is 442 g/mol. The van der Waals surface area contributed by atoms with E-state index in [0.29, 0.717) is 33.8 Å². The zero-order valence-electron chi connectivity index (χ0n) is 17.5. The van der Waals surface area contributed by atoms with E-state index in [0.717, 1.165) is 5.56 Å². The van der Waals surface area contributed by atoms with Gasteiger partial charge in [-0.25, -0.2) is 4.79 Å². The van der Waals surface area contributed by atoms with E-state index in [4.69, 9.17) is 14.2 Å². The van der Waals surface area contributed by atoms with E-state index >= 15 is 0 Å². The minimum Gasteiger partial charge on any atom is -0.508 e. The highest BCUT2D eigenvalue weighted by Crippen LogP contribution is 2.49. The molecule has 1 N–H and O–H groups in total. The Kier molecular flexibility index (Phi) is 4.94. The largest absolute Gasteiger partial charge is 0.508 e. The molecule has 33 heavy (non-hydrogen) atoms. The minimum absolute atomic E-state index is 0.0832. The highest BCUT2D eigenvalue weighted by atomic mass is 16.5. The number of fused-ring (bicyclic) bond motifs is 3. The van der Waals surface area contributed by atoms with Crippen molar-refractivity contribution >= 4 is 23.8 Å². The van der Waals surface area contributed by atoms with E-state index in [1.165, 1.54) is 7.11 Å². The molecule has 0 fully saturated rings. The van der Waals surface area contributed by atoms with Crippen LogP contribution in [0.5, 0.6) is 17.2 Å². The predicted octanol–water partition coefficient (Wildman–Crippen LogP) is 4.24. The van der Waals surface area contributed by atoms with Crippen molar-refractivity contribution in [2.24, 2.45) is 0 Å². The summed E-state index contributed by atoms with van der Waals surface area (Å²) in [6, 6.07) is 16.3. The number of esters is 2. The van der Waals surface area contributed by atoms with E-state index in [-0.39, 0.29) is 35.6 Å². The maximum Gasteiger partial charge on any atom is 0.337 e. The van der Waals surface area contributed by atoms with Crippen molar-refractivity contribution in [2.45, 2.75) is 12.3 Å². The Labute approximate surface area is 188 Å². The van der Waals surface area contributed by atoms with Crippen LogP contribution in [0.2, 0.25) is 0 Å². The SMILES string of the molecule is COC(=O)c1ccc(/C=C2\Oc3c(ccc4c3[C@@H](c3ccc(O)cc3)CC(=O)O4)C2=O)cc1. The molecule has 164 valence electrons. The van der Waals surface area contributed by atoms with Crippen LogP contribution >= 0.6 is 0 Å². The lowest BCUT2D eigenvalue weighted by Crippen LogP contribution is -2.21. The van der Waals surface area contributed by atoms with E-state index in [1.54, 1.807) is 66.7 Å². The van der Waals surface area contributed by atoms with Crippen molar-refractivity contribution in [1.29, 1.82) is 0 Å². The number of benzene rings is 3. The summed E-state index contributed by atoms with van der Waals surface area (Å²) in [6.07, 6.45) is 1.68. The number of rotatable bonds is 3. The monoisotopic (exact) mass is 442 g/mol. The number of methoxy groups -OCH3 is 1. The molecule has 0 saturated carbocycles. The first kappa shape index (κ1) is 20.5. The number of aromatic hydroxyl groups is 1. The second-order valence-electron chi connectivity index (χ2n) is 7.73.